The molecule has 0 fully saturated rings. The number of nitrogens with two attached hydrogens (primary N) is 1. The van der Waals surface area contributed by atoms with E-state index in [1.165, 1.54) is 12.1 Å². The van der Waals surface area contributed by atoms with Gasteiger partial charge in [-0.15, -0.1) is 10.2 Å². The van der Waals surface area contributed by atoms with E-state index >= 15 is 0 Å². The molecule has 0 radical (unpaired) electrons. The minimum atomic E-state index is -0.267. The van der Waals surface area contributed by atoms with Crippen molar-refractivity contribution in [3.63, 3.8) is 0 Å². The molecule has 0 aliphatic heterocycles. The molecular weight excluding hydrogens is 220 g/mol. The largest absolute Gasteiger partial charge is 0.382 e. The normalized spacial score (nSPS) is 10.1. The second kappa shape index (κ2) is 5.06. The molecule has 2 aromatic rings. The third-order valence-electron chi connectivity index (χ3n) is 2.15. The summed E-state index contributed by atoms with van der Waals surface area (Å²) < 4.78 is 0. The van der Waals surface area contributed by atoms with E-state index in [0.29, 0.717) is 18.8 Å². The molecule has 0 spiro atoms. The molecule has 7 nitrogen and oxygen atoms in total. The summed E-state index contributed by atoms with van der Waals surface area (Å²) in [5, 5.41) is 10.0. The highest BCUT2D eigenvalue weighted by atomic mass is 16.1. The van der Waals surface area contributed by atoms with Crippen LogP contribution < -0.4 is 11.1 Å². The average Bonchev–Trinajstić information content (AvgIpc) is 2.83. The third-order valence-corrected chi connectivity index (χ3v) is 2.15. The van der Waals surface area contributed by atoms with Gasteiger partial charge in [0.05, 0.1) is 6.33 Å². The summed E-state index contributed by atoms with van der Waals surface area (Å²) in [7, 11) is 0. The van der Waals surface area contributed by atoms with Gasteiger partial charge in [-0.2, -0.15) is 0 Å². The van der Waals surface area contributed by atoms with Crippen molar-refractivity contribution in [1.29, 1.82) is 0 Å². The van der Waals surface area contributed by atoms with Crippen molar-refractivity contribution in [2.45, 2.75) is 6.42 Å². The number of H-pyrrole nitrogens is 1. The van der Waals surface area contributed by atoms with Crippen LogP contribution in [0.3, 0.4) is 0 Å². The molecule has 0 aromatic carbocycles. The zero-order valence-corrected chi connectivity index (χ0v) is 9.05. The molecule has 2 heterocycles. The molecule has 4 N–H and O–H groups in total. The van der Waals surface area contributed by atoms with Crippen LogP contribution in [0.2, 0.25) is 0 Å². The van der Waals surface area contributed by atoms with Crippen molar-refractivity contribution in [2.75, 3.05) is 12.3 Å². The average molecular weight is 232 g/mol. The second-order valence-corrected chi connectivity index (χ2v) is 3.43. The number of aromatic amines is 1. The lowest BCUT2D eigenvalue weighted by atomic mass is 10.3. The number of hydrogen-bond acceptors (Lipinski definition) is 5. The van der Waals surface area contributed by atoms with E-state index < -0.39 is 0 Å². The zero-order chi connectivity index (χ0) is 12.1. The Balaban J connectivity index is 1.83. The van der Waals surface area contributed by atoms with E-state index in [0.717, 1.165) is 5.69 Å². The van der Waals surface area contributed by atoms with E-state index in [9.17, 15) is 4.79 Å². The molecule has 0 unspecified atom stereocenters. The second-order valence-electron chi connectivity index (χ2n) is 3.43. The highest BCUT2D eigenvalue weighted by molar-refractivity contribution is 5.92. The van der Waals surface area contributed by atoms with Crippen molar-refractivity contribution >= 4 is 11.7 Å². The van der Waals surface area contributed by atoms with Crippen LogP contribution in [0.15, 0.2) is 24.7 Å². The summed E-state index contributed by atoms with van der Waals surface area (Å²) in [6, 6.07) is 3.07. The molecular formula is C10H12N6O. The maximum absolute atomic E-state index is 11.6. The Morgan fingerprint density at radius 3 is 2.94 bits per heavy atom. The van der Waals surface area contributed by atoms with Crippen molar-refractivity contribution < 1.29 is 4.79 Å². The molecule has 7 heteroatoms. The number of carbonyl (C=O) groups excluding carboxylic acids is 1. The van der Waals surface area contributed by atoms with Gasteiger partial charge >= 0.3 is 0 Å². The molecule has 0 aliphatic carbocycles. The lowest BCUT2D eigenvalue weighted by Gasteiger charge is -2.02. The smallest absolute Gasteiger partial charge is 0.271 e. The van der Waals surface area contributed by atoms with E-state index in [1.807, 2.05) is 0 Å². The standard InChI is InChI=1S/C10H12N6O/c11-9-2-1-8(15-16-9)10(17)13-4-3-7-5-12-6-14-7/h1-2,5-6H,3-4H2,(H2,11,16)(H,12,14)(H,13,17). The fraction of sp³-hybridized carbons (Fsp3) is 0.200. The molecule has 1 amide bonds. The van der Waals surface area contributed by atoms with Crippen LogP contribution in [0.1, 0.15) is 16.2 Å². The van der Waals surface area contributed by atoms with Gasteiger partial charge in [0.25, 0.3) is 5.91 Å². The molecule has 17 heavy (non-hydrogen) atoms. The van der Waals surface area contributed by atoms with E-state index in [-0.39, 0.29) is 11.6 Å². The van der Waals surface area contributed by atoms with Gasteiger partial charge in [0.2, 0.25) is 0 Å². The van der Waals surface area contributed by atoms with Gasteiger partial charge in [0.15, 0.2) is 5.69 Å². The zero-order valence-electron chi connectivity index (χ0n) is 9.05. The van der Waals surface area contributed by atoms with E-state index in [2.05, 4.69) is 25.5 Å². The topological polar surface area (TPSA) is 110 Å². The lowest BCUT2D eigenvalue weighted by molar-refractivity contribution is 0.0948. The van der Waals surface area contributed by atoms with Gasteiger partial charge in [-0.1, -0.05) is 0 Å². The first-order valence-electron chi connectivity index (χ1n) is 5.10. The highest BCUT2D eigenvalue weighted by Gasteiger charge is 2.06. The first kappa shape index (κ1) is 11.1. The van der Waals surface area contributed by atoms with Crippen molar-refractivity contribution in [3.05, 3.63) is 36.0 Å². The van der Waals surface area contributed by atoms with E-state index in [4.69, 9.17) is 5.73 Å². The van der Waals surface area contributed by atoms with Gasteiger partial charge in [-0.3, -0.25) is 4.79 Å². The number of nitrogen functional groups attached to an aromatic ring is 1. The number of hydrogen-bond donors (Lipinski definition) is 3. The number of nitrogens with zero attached hydrogens (tertiary/aromatic N) is 3. The number of nitrogens with one attached hydrogen (secondary N) is 2. The summed E-state index contributed by atoms with van der Waals surface area (Å²) in [6.45, 7) is 0.507. The molecule has 0 saturated heterocycles. The highest BCUT2D eigenvalue weighted by Crippen LogP contribution is 1.97. The van der Waals surface area contributed by atoms with Crippen molar-refractivity contribution in [2.24, 2.45) is 0 Å². The minimum Gasteiger partial charge on any atom is -0.382 e. The Labute approximate surface area is 97.5 Å². The fourth-order valence-electron chi connectivity index (χ4n) is 1.29. The first-order chi connectivity index (χ1) is 8.25. The quantitative estimate of drug-likeness (QED) is 0.673. The SMILES string of the molecule is Nc1ccc(C(=O)NCCc2cnc[nH]2)nn1. The van der Waals surface area contributed by atoms with Crippen LogP contribution >= 0.6 is 0 Å². The Morgan fingerprint density at radius 2 is 2.29 bits per heavy atom. The third kappa shape index (κ3) is 3.00. The minimum absolute atomic E-state index is 0.254. The summed E-state index contributed by atoms with van der Waals surface area (Å²) in [4.78, 5) is 18.4. The molecule has 88 valence electrons. The Kier molecular flexibility index (Phi) is 3.29. The maximum Gasteiger partial charge on any atom is 0.271 e. The van der Waals surface area contributed by atoms with Crippen molar-refractivity contribution in [1.82, 2.24) is 25.5 Å². The van der Waals surface area contributed by atoms with Crippen LogP contribution in [0.5, 0.6) is 0 Å². The molecule has 0 saturated carbocycles. The maximum atomic E-state index is 11.6. The first-order valence-corrected chi connectivity index (χ1v) is 5.10. The van der Waals surface area contributed by atoms with Crippen LogP contribution in [-0.4, -0.2) is 32.6 Å². The summed E-state index contributed by atoms with van der Waals surface area (Å²) in [5.74, 6) is 0.0241. The summed E-state index contributed by atoms with van der Waals surface area (Å²) in [5.41, 5.74) is 6.59. The van der Waals surface area contributed by atoms with Gasteiger partial charge < -0.3 is 16.0 Å². The summed E-state index contributed by atoms with van der Waals surface area (Å²) in [6.07, 6.45) is 4.01. The molecule has 2 aromatic heterocycles. The molecule has 2 rings (SSSR count). The van der Waals surface area contributed by atoms with Crippen molar-refractivity contribution in [3.8, 4) is 0 Å². The molecule has 0 atom stereocenters. The Morgan fingerprint density at radius 1 is 1.41 bits per heavy atom. The fourth-order valence-corrected chi connectivity index (χ4v) is 1.29. The summed E-state index contributed by atoms with van der Waals surface area (Å²) >= 11 is 0. The number of anilines is 1. The molecule has 0 aliphatic rings. The van der Waals surface area contributed by atoms with Gasteiger partial charge in [-0.05, 0) is 12.1 Å². The van der Waals surface area contributed by atoms with Gasteiger partial charge in [0, 0.05) is 24.9 Å². The number of amides is 1. The monoisotopic (exact) mass is 232 g/mol. The lowest BCUT2D eigenvalue weighted by Crippen LogP contribution is -2.26. The van der Waals surface area contributed by atoms with Gasteiger partial charge in [0.1, 0.15) is 5.82 Å². The number of aromatic nitrogens is 4. The Bertz CT molecular complexity index is 478. The van der Waals surface area contributed by atoms with Crippen LogP contribution in [0.4, 0.5) is 5.82 Å². The predicted molar refractivity (Wildman–Crippen MR) is 61.1 cm³/mol. The van der Waals surface area contributed by atoms with E-state index in [1.54, 1.807) is 12.5 Å². The van der Waals surface area contributed by atoms with Crippen LogP contribution in [-0.2, 0) is 6.42 Å². The van der Waals surface area contributed by atoms with Gasteiger partial charge in [-0.25, -0.2) is 4.98 Å². The molecule has 0 bridgehead atoms. The van der Waals surface area contributed by atoms with Crippen LogP contribution in [0.25, 0.3) is 0 Å². The number of imidazole rings is 1. The number of rotatable bonds is 4. The Hall–Kier alpha value is -2.44. The number of carbonyl (C=O) groups is 1. The van der Waals surface area contributed by atoms with Crippen LogP contribution in [0, 0.1) is 0 Å². The predicted octanol–water partition coefficient (Wildman–Crippen LogP) is -0.246.